The van der Waals surface area contributed by atoms with Crippen LogP contribution in [-0.4, -0.2) is 10.7 Å². The van der Waals surface area contributed by atoms with Gasteiger partial charge in [0.25, 0.3) is 0 Å². The van der Waals surface area contributed by atoms with Gasteiger partial charge in [-0.3, -0.25) is 9.98 Å². The fraction of sp³-hybridized carbons (Fsp3) is 0.0857. The van der Waals surface area contributed by atoms with Crippen LogP contribution < -0.4 is 4.90 Å². The number of anilines is 2. The largest absolute Gasteiger partial charge is 0.310 e. The van der Waals surface area contributed by atoms with Gasteiger partial charge in [0.1, 0.15) is 0 Å². The lowest BCUT2D eigenvalue weighted by molar-refractivity contribution is 1.20. The van der Waals surface area contributed by atoms with Crippen LogP contribution in [0.5, 0.6) is 0 Å². The Morgan fingerprint density at radius 2 is 1.55 bits per heavy atom. The van der Waals surface area contributed by atoms with Crippen molar-refractivity contribution >= 4 is 17.1 Å². The van der Waals surface area contributed by atoms with Gasteiger partial charge in [0.15, 0.2) is 0 Å². The molecule has 0 N–H and O–H groups in total. The summed E-state index contributed by atoms with van der Waals surface area (Å²) in [6, 6.07) is 33.3. The maximum atomic E-state index is 4.55. The first-order valence-corrected chi connectivity index (χ1v) is 12.8. The summed E-state index contributed by atoms with van der Waals surface area (Å²) in [4.78, 5) is 11.3. The molecule has 0 aliphatic rings. The summed E-state index contributed by atoms with van der Waals surface area (Å²) in [5.74, 6) is 0. The molecule has 0 atom stereocenters. The van der Waals surface area contributed by atoms with Crippen LogP contribution in [0.25, 0.3) is 22.4 Å². The molecule has 3 heteroatoms. The van der Waals surface area contributed by atoms with E-state index in [9.17, 15) is 0 Å². The first-order chi connectivity index (χ1) is 18.6. The summed E-state index contributed by atoms with van der Waals surface area (Å²) in [7, 11) is 0. The number of nitrogens with zero attached hydrogens (tertiary/aromatic N) is 3. The molecular weight excluding hydrogens is 462 g/mol. The Kier molecular flexibility index (Phi) is 8.98. The van der Waals surface area contributed by atoms with Gasteiger partial charge in [0.2, 0.25) is 0 Å². The molecule has 0 unspecified atom stereocenters. The Hall–Kier alpha value is -4.76. The lowest BCUT2D eigenvalue weighted by Crippen LogP contribution is -2.16. The third kappa shape index (κ3) is 6.51. The van der Waals surface area contributed by atoms with Crippen molar-refractivity contribution in [2.75, 3.05) is 4.90 Å². The van der Waals surface area contributed by atoms with Crippen LogP contribution in [-0.2, 0) is 0 Å². The Bertz CT molecular complexity index is 1460. The van der Waals surface area contributed by atoms with Gasteiger partial charge in [-0.25, -0.2) is 0 Å². The molecule has 38 heavy (non-hydrogen) atoms. The van der Waals surface area contributed by atoms with E-state index in [0.717, 1.165) is 51.6 Å². The maximum Gasteiger partial charge on any atom is 0.0702 e. The van der Waals surface area contributed by atoms with Crippen LogP contribution in [0, 0.1) is 0 Å². The van der Waals surface area contributed by atoms with Gasteiger partial charge in [-0.15, -0.1) is 0 Å². The van der Waals surface area contributed by atoms with Crippen LogP contribution in [0.3, 0.4) is 0 Å². The number of hydrogen-bond acceptors (Lipinski definition) is 3. The van der Waals surface area contributed by atoms with Crippen molar-refractivity contribution in [1.82, 2.24) is 4.98 Å². The molecule has 0 amide bonds. The number of rotatable bonds is 10. The standard InChI is InChI=1S/C35H33N3/c1-5-7-23-36-28(4)27(3)25-32(6-2)38(33-21-19-30(20-22-33)29-14-9-8-10-15-29)34-17-13-16-31(26-34)35-18-11-12-24-37-35/h6-26H,2-3,5H2,1,4H3/b23-7-,32-25?,36-28?. The van der Waals surface area contributed by atoms with Crippen molar-refractivity contribution in [2.24, 2.45) is 4.99 Å². The van der Waals surface area contributed by atoms with Crippen molar-refractivity contribution < 1.29 is 0 Å². The highest BCUT2D eigenvalue weighted by Gasteiger charge is 2.15. The minimum absolute atomic E-state index is 0.826. The van der Waals surface area contributed by atoms with Gasteiger partial charge in [0, 0.05) is 40.7 Å². The number of pyridine rings is 1. The molecular formula is C35H33N3. The molecule has 0 aliphatic heterocycles. The van der Waals surface area contributed by atoms with Crippen LogP contribution in [0.15, 0.2) is 157 Å². The highest BCUT2D eigenvalue weighted by molar-refractivity contribution is 6.01. The molecule has 0 saturated carbocycles. The van der Waals surface area contributed by atoms with E-state index in [1.54, 1.807) is 0 Å². The van der Waals surface area contributed by atoms with Gasteiger partial charge in [-0.2, -0.15) is 0 Å². The molecule has 4 rings (SSSR count). The second-order valence-corrected chi connectivity index (χ2v) is 8.82. The van der Waals surface area contributed by atoms with E-state index in [4.69, 9.17) is 0 Å². The van der Waals surface area contributed by atoms with Gasteiger partial charge in [0.05, 0.1) is 5.69 Å². The molecule has 3 nitrogen and oxygen atoms in total. The number of allylic oxidation sites excluding steroid dienone is 4. The Balaban J connectivity index is 1.79. The highest BCUT2D eigenvalue weighted by atomic mass is 15.1. The molecule has 0 saturated heterocycles. The molecule has 0 bridgehead atoms. The zero-order valence-corrected chi connectivity index (χ0v) is 22.1. The van der Waals surface area contributed by atoms with Crippen molar-refractivity contribution in [1.29, 1.82) is 0 Å². The van der Waals surface area contributed by atoms with Gasteiger partial charge in [-0.05, 0) is 78.6 Å². The van der Waals surface area contributed by atoms with E-state index < -0.39 is 0 Å². The zero-order chi connectivity index (χ0) is 26.7. The van der Waals surface area contributed by atoms with Crippen molar-refractivity contribution in [3.8, 4) is 22.4 Å². The Labute approximate surface area is 226 Å². The van der Waals surface area contributed by atoms with Crippen LogP contribution >= 0.6 is 0 Å². The molecule has 4 aromatic rings. The first kappa shape index (κ1) is 26.3. The predicted molar refractivity (Wildman–Crippen MR) is 164 cm³/mol. The summed E-state index contributed by atoms with van der Waals surface area (Å²) in [6.45, 7) is 12.5. The summed E-state index contributed by atoms with van der Waals surface area (Å²) in [5, 5.41) is 0. The number of aliphatic imine (C=N–C) groups is 1. The predicted octanol–water partition coefficient (Wildman–Crippen LogP) is 9.56. The fourth-order valence-electron chi connectivity index (χ4n) is 4.07. The normalized spacial score (nSPS) is 11.9. The molecule has 1 aromatic heterocycles. The third-order valence-electron chi connectivity index (χ3n) is 6.16. The molecule has 0 spiro atoms. The second-order valence-electron chi connectivity index (χ2n) is 8.82. The van der Waals surface area contributed by atoms with Gasteiger partial charge >= 0.3 is 0 Å². The minimum Gasteiger partial charge on any atom is -0.310 e. The van der Waals surface area contributed by atoms with E-state index in [1.807, 2.05) is 61.8 Å². The number of aromatic nitrogens is 1. The smallest absolute Gasteiger partial charge is 0.0702 e. The quantitative estimate of drug-likeness (QED) is 0.162. The van der Waals surface area contributed by atoms with E-state index >= 15 is 0 Å². The van der Waals surface area contributed by atoms with Crippen molar-refractivity contribution in [3.05, 3.63) is 152 Å². The lowest BCUT2D eigenvalue weighted by atomic mass is 10.0. The lowest BCUT2D eigenvalue weighted by Gasteiger charge is -2.27. The number of hydrogen-bond donors (Lipinski definition) is 0. The third-order valence-corrected chi connectivity index (χ3v) is 6.16. The van der Waals surface area contributed by atoms with E-state index in [2.05, 4.69) is 108 Å². The summed E-state index contributed by atoms with van der Waals surface area (Å²) >= 11 is 0. The number of benzene rings is 3. The van der Waals surface area contributed by atoms with Crippen molar-refractivity contribution in [2.45, 2.75) is 20.3 Å². The van der Waals surface area contributed by atoms with Crippen molar-refractivity contribution in [3.63, 3.8) is 0 Å². The molecule has 0 fully saturated rings. The summed E-state index contributed by atoms with van der Waals surface area (Å²) in [5.41, 5.74) is 8.91. The maximum absolute atomic E-state index is 4.55. The summed E-state index contributed by atoms with van der Waals surface area (Å²) < 4.78 is 0. The van der Waals surface area contributed by atoms with Crippen LogP contribution in [0.2, 0.25) is 0 Å². The molecule has 188 valence electrons. The monoisotopic (exact) mass is 495 g/mol. The first-order valence-electron chi connectivity index (χ1n) is 12.8. The Morgan fingerprint density at radius 1 is 0.842 bits per heavy atom. The zero-order valence-electron chi connectivity index (χ0n) is 22.1. The van der Waals surface area contributed by atoms with Gasteiger partial charge < -0.3 is 4.90 Å². The SMILES string of the molecule is C=CC(=CC(=C)C(C)=N/C=C\CC)N(c1ccc(-c2ccccc2)cc1)c1cccc(-c2ccccn2)c1. The second kappa shape index (κ2) is 13.0. The molecule has 0 aliphatic carbocycles. The fourth-order valence-corrected chi connectivity index (χ4v) is 4.07. The van der Waals surface area contributed by atoms with E-state index in [0.29, 0.717) is 0 Å². The molecule has 0 radical (unpaired) electrons. The average Bonchev–Trinajstić information content (AvgIpc) is 2.98. The Morgan fingerprint density at radius 3 is 2.24 bits per heavy atom. The highest BCUT2D eigenvalue weighted by Crippen LogP contribution is 2.34. The molecule has 3 aromatic carbocycles. The van der Waals surface area contributed by atoms with Gasteiger partial charge in [-0.1, -0.05) is 86.8 Å². The van der Waals surface area contributed by atoms with E-state index in [-0.39, 0.29) is 0 Å². The van der Waals surface area contributed by atoms with Crippen LogP contribution in [0.1, 0.15) is 20.3 Å². The average molecular weight is 496 g/mol. The van der Waals surface area contributed by atoms with Crippen LogP contribution in [0.4, 0.5) is 11.4 Å². The minimum atomic E-state index is 0.826. The summed E-state index contributed by atoms with van der Waals surface area (Å²) in [6.07, 6.45) is 10.5. The van der Waals surface area contributed by atoms with E-state index in [1.165, 1.54) is 5.56 Å². The topological polar surface area (TPSA) is 28.5 Å². The molecule has 1 heterocycles.